The minimum Gasteiger partial charge on any atom is -0.351 e. The van der Waals surface area contributed by atoms with Crippen LogP contribution >= 0.6 is 15.9 Å². The Morgan fingerprint density at radius 3 is 2.53 bits per heavy atom. The molecule has 0 amide bonds. The molecular formula is C15H16BrN. The smallest absolute Gasteiger partial charge is 0.0480 e. The first-order valence-electron chi connectivity index (χ1n) is 5.76. The Labute approximate surface area is 111 Å². The third-order valence-corrected chi connectivity index (χ3v) is 3.22. The molecule has 1 heterocycles. The molecule has 0 fully saturated rings. The van der Waals surface area contributed by atoms with Gasteiger partial charge in [-0.25, -0.2) is 0 Å². The molecule has 0 aliphatic carbocycles. The Bertz CT molecular complexity index is 497. The van der Waals surface area contributed by atoms with Crippen molar-refractivity contribution in [2.45, 2.75) is 6.42 Å². The van der Waals surface area contributed by atoms with E-state index in [-0.39, 0.29) is 0 Å². The molecule has 17 heavy (non-hydrogen) atoms. The number of alkyl halides is 1. The molecule has 2 heteroatoms. The lowest BCUT2D eigenvalue weighted by Gasteiger charge is -2.09. The average Bonchev–Trinajstić information content (AvgIpc) is 2.78. The van der Waals surface area contributed by atoms with E-state index in [1.807, 2.05) is 0 Å². The van der Waals surface area contributed by atoms with Crippen LogP contribution in [0.3, 0.4) is 0 Å². The zero-order valence-corrected chi connectivity index (χ0v) is 11.5. The molecule has 0 atom stereocenters. The second-order valence-corrected chi connectivity index (χ2v) is 4.76. The molecule has 0 bridgehead atoms. The van der Waals surface area contributed by atoms with E-state index in [1.54, 1.807) is 0 Å². The highest BCUT2D eigenvalue weighted by molar-refractivity contribution is 9.09. The molecule has 2 aromatic rings. The van der Waals surface area contributed by atoms with Crippen molar-refractivity contribution in [3.05, 3.63) is 66.0 Å². The molecule has 1 aromatic carbocycles. The summed E-state index contributed by atoms with van der Waals surface area (Å²) in [6.45, 7) is 0. The highest BCUT2D eigenvalue weighted by Gasteiger charge is 2.06. The monoisotopic (exact) mass is 289 g/mol. The fourth-order valence-corrected chi connectivity index (χ4v) is 2.16. The maximum Gasteiger partial charge on any atom is 0.0480 e. The zero-order valence-electron chi connectivity index (χ0n) is 9.94. The fraction of sp³-hybridized carbons (Fsp3) is 0.200. The molecule has 2 rings (SSSR count). The maximum absolute atomic E-state index is 3.48. The van der Waals surface area contributed by atoms with Crippen molar-refractivity contribution >= 4 is 21.5 Å². The summed E-state index contributed by atoms with van der Waals surface area (Å²) in [5.74, 6) is 0. The quantitative estimate of drug-likeness (QED) is 0.742. The van der Waals surface area contributed by atoms with E-state index in [1.165, 1.54) is 16.8 Å². The van der Waals surface area contributed by atoms with Gasteiger partial charge in [0.25, 0.3) is 0 Å². The number of hydrogen-bond acceptors (Lipinski definition) is 0. The van der Waals surface area contributed by atoms with Crippen LogP contribution < -0.4 is 0 Å². The van der Waals surface area contributed by atoms with Crippen LogP contribution in [0.1, 0.15) is 17.7 Å². The van der Waals surface area contributed by atoms with Crippen molar-refractivity contribution in [2.75, 3.05) is 5.33 Å². The Morgan fingerprint density at radius 1 is 1.18 bits per heavy atom. The van der Waals surface area contributed by atoms with Gasteiger partial charge >= 0.3 is 0 Å². The Balaban J connectivity index is 2.43. The van der Waals surface area contributed by atoms with Crippen molar-refractivity contribution in [3.63, 3.8) is 0 Å². The first kappa shape index (κ1) is 12.2. The van der Waals surface area contributed by atoms with E-state index in [0.717, 1.165) is 11.8 Å². The van der Waals surface area contributed by atoms with E-state index >= 15 is 0 Å². The minimum absolute atomic E-state index is 0.994. The normalized spacial score (nSPS) is 11.8. The SMILES string of the molecule is Cn1cccc1C(=CCCBr)c1ccccc1. The van der Waals surface area contributed by atoms with Gasteiger partial charge in [0.2, 0.25) is 0 Å². The van der Waals surface area contributed by atoms with Gasteiger partial charge in [0.05, 0.1) is 0 Å². The number of nitrogens with zero attached hydrogens (tertiary/aromatic N) is 1. The third kappa shape index (κ3) is 2.89. The van der Waals surface area contributed by atoms with Crippen molar-refractivity contribution in [1.82, 2.24) is 4.57 Å². The molecule has 0 N–H and O–H groups in total. The molecule has 0 aliphatic rings. The van der Waals surface area contributed by atoms with Crippen LogP contribution in [-0.4, -0.2) is 9.90 Å². The molecule has 0 saturated heterocycles. The summed E-state index contributed by atoms with van der Waals surface area (Å²) in [6, 6.07) is 14.8. The van der Waals surface area contributed by atoms with Gasteiger partial charge in [0.15, 0.2) is 0 Å². The third-order valence-electron chi connectivity index (χ3n) is 2.76. The van der Waals surface area contributed by atoms with Gasteiger partial charge in [-0.05, 0) is 24.1 Å². The van der Waals surface area contributed by atoms with Crippen LogP contribution in [0.4, 0.5) is 0 Å². The van der Waals surface area contributed by atoms with E-state index in [0.29, 0.717) is 0 Å². The van der Waals surface area contributed by atoms with Crippen molar-refractivity contribution in [1.29, 1.82) is 0 Å². The van der Waals surface area contributed by atoms with Gasteiger partial charge < -0.3 is 4.57 Å². The van der Waals surface area contributed by atoms with Gasteiger partial charge in [0, 0.05) is 29.8 Å². The Hall–Kier alpha value is -1.28. The second-order valence-electron chi connectivity index (χ2n) is 3.97. The summed E-state index contributed by atoms with van der Waals surface area (Å²) in [5.41, 5.74) is 3.84. The standard InChI is InChI=1S/C15H16BrN/c1-17-12-6-10-15(17)14(9-5-11-16)13-7-3-2-4-8-13/h2-4,6-10,12H,5,11H2,1H3. The van der Waals surface area contributed by atoms with Gasteiger partial charge in [-0.15, -0.1) is 0 Å². The van der Waals surface area contributed by atoms with Gasteiger partial charge in [-0.1, -0.05) is 52.3 Å². The number of rotatable bonds is 4. The van der Waals surface area contributed by atoms with Gasteiger partial charge in [0.1, 0.15) is 0 Å². The lowest BCUT2D eigenvalue weighted by atomic mass is 10.0. The zero-order chi connectivity index (χ0) is 12.1. The number of allylic oxidation sites excluding steroid dienone is 1. The average molecular weight is 290 g/mol. The molecule has 0 saturated carbocycles. The summed E-state index contributed by atoms with van der Waals surface area (Å²) in [7, 11) is 2.08. The van der Waals surface area contributed by atoms with Crippen LogP contribution in [0.15, 0.2) is 54.7 Å². The summed E-state index contributed by atoms with van der Waals surface area (Å²) >= 11 is 3.48. The number of halogens is 1. The van der Waals surface area contributed by atoms with Crippen LogP contribution in [0.2, 0.25) is 0 Å². The predicted molar refractivity (Wildman–Crippen MR) is 77.3 cm³/mol. The van der Waals surface area contributed by atoms with Crippen LogP contribution in [0, 0.1) is 0 Å². The van der Waals surface area contributed by atoms with Crippen LogP contribution in [-0.2, 0) is 7.05 Å². The van der Waals surface area contributed by atoms with E-state index in [2.05, 4.69) is 82.3 Å². The largest absolute Gasteiger partial charge is 0.351 e. The molecule has 0 radical (unpaired) electrons. The van der Waals surface area contributed by atoms with Gasteiger partial charge in [-0.2, -0.15) is 0 Å². The van der Waals surface area contributed by atoms with Gasteiger partial charge in [-0.3, -0.25) is 0 Å². The van der Waals surface area contributed by atoms with Crippen molar-refractivity contribution in [2.24, 2.45) is 7.05 Å². The van der Waals surface area contributed by atoms with E-state index in [9.17, 15) is 0 Å². The highest BCUT2D eigenvalue weighted by Crippen LogP contribution is 2.23. The number of hydrogen-bond donors (Lipinski definition) is 0. The number of aromatic nitrogens is 1. The first-order valence-corrected chi connectivity index (χ1v) is 6.88. The van der Waals surface area contributed by atoms with Crippen LogP contribution in [0.5, 0.6) is 0 Å². The van der Waals surface area contributed by atoms with E-state index in [4.69, 9.17) is 0 Å². The number of aryl methyl sites for hydroxylation is 1. The molecule has 1 aromatic heterocycles. The number of benzene rings is 1. The molecule has 0 unspecified atom stereocenters. The predicted octanol–water partition coefficient (Wildman–Crippen LogP) is 4.24. The molecular weight excluding hydrogens is 274 g/mol. The lowest BCUT2D eigenvalue weighted by molar-refractivity contribution is 0.908. The fourth-order valence-electron chi connectivity index (χ4n) is 1.93. The van der Waals surface area contributed by atoms with Crippen LogP contribution in [0.25, 0.3) is 5.57 Å². The lowest BCUT2D eigenvalue weighted by Crippen LogP contribution is -1.96. The minimum atomic E-state index is 0.994. The summed E-state index contributed by atoms with van der Waals surface area (Å²) in [4.78, 5) is 0. The first-order chi connectivity index (χ1) is 8.33. The summed E-state index contributed by atoms with van der Waals surface area (Å²) in [6.07, 6.45) is 5.41. The second kappa shape index (κ2) is 5.87. The molecule has 0 aliphatic heterocycles. The van der Waals surface area contributed by atoms with E-state index < -0.39 is 0 Å². The highest BCUT2D eigenvalue weighted by atomic mass is 79.9. The van der Waals surface area contributed by atoms with Crippen molar-refractivity contribution in [3.8, 4) is 0 Å². The summed E-state index contributed by atoms with van der Waals surface area (Å²) in [5, 5.41) is 0.994. The molecule has 1 nitrogen and oxygen atoms in total. The topological polar surface area (TPSA) is 4.93 Å². The molecule has 0 spiro atoms. The maximum atomic E-state index is 3.48. The van der Waals surface area contributed by atoms with Crippen molar-refractivity contribution < 1.29 is 0 Å². The Morgan fingerprint density at radius 2 is 1.94 bits per heavy atom. The Kier molecular flexibility index (Phi) is 4.21. The summed E-state index contributed by atoms with van der Waals surface area (Å²) < 4.78 is 2.16. The molecule has 88 valence electrons.